The number of hydrogen-bond donors (Lipinski definition) is 0. The monoisotopic (exact) mass is 466 g/mol. The lowest BCUT2D eigenvalue weighted by molar-refractivity contribution is 0.353. The maximum absolute atomic E-state index is 6.45. The Bertz CT molecular complexity index is 1110. The van der Waals surface area contributed by atoms with E-state index in [0.29, 0.717) is 12.1 Å². The Morgan fingerprint density at radius 1 is 0.968 bits per heavy atom. The van der Waals surface area contributed by atoms with Crippen molar-refractivity contribution in [2.45, 2.75) is 65.6 Å². The smallest absolute Gasteiger partial charge is 0.122 e. The number of benzene rings is 1. The van der Waals surface area contributed by atoms with E-state index in [2.05, 4.69) is 85.5 Å². The Morgan fingerprint density at radius 3 is 2.00 bits per heavy atom. The molecular formula is C27H34OS2Si. The Balaban J connectivity index is 1.97. The first-order chi connectivity index (χ1) is 14.4. The molecule has 0 atom stereocenters. The quantitative estimate of drug-likeness (QED) is 0.275. The second-order valence-corrected chi connectivity index (χ2v) is 17.5. The van der Waals surface area contributed by atoms with Gasteiger partial charge in [0.2, 0.25) is 0 Å². The highest BCUT2D eigenvalue weighted by atomic mass is 32.1. The van der Waals surface area contributed by atoms with Crippen LogP contribution in [0.15, 0.2) is 36.9 Å². The van der Waals surface area contributed by atoms with E-state index in [1.54, 1.807) is 11.1 Å². The maximum Gasteiger partial charge on any atom is 0.122 e. The molecule has 0 N–H and O–H groups in total. The molecule has 1 aliphatic carbocycles. The maximum atomic E-state index is 6.45. The van der Waals surface area contributed by atoms with Crippen LogP contribution < -0.4 is 9.92 Å². The van der Waals surface area contributed by atoms with Gasteiger partial charge >= 0.3 is 0 Å². The predicted octanol–water partition coefficient (Wildman–Crippen LogP) is 7.86. The van der Waals surface area contributed by atoms with Crippen molar-refractivity contribution >= 4 is 35.9 Å². The van der Waals surface area contributed by atoms with E-state index in [4.69, 9.17) is 4.74 Å². The average molecular weight is 467 g/mol. The third-order valence-corrected chi connectivity index (χ3v) is 12.5. The molecule has 0 bridgehead atoms. The van der Waals surface area contributed by atoms with Crippen LogP contribution in [0.3, 0.4) is 0 Å². The fourth-order valence-electron chi connectivity index (χ4n) is 5.06. The number of aryl methyl sites for hydroxylation is 3. The van der Waals surface area contributed by atoms with Crippen LogP contribution in [-0.4, -0.2) is 14.7 Å². The molecule has 0 fully saturated rings. The lowest BCUT2D eigenvalue weighted by Gasteiger charge is -2.35. The first-order valence-electron chi connectivity index (χ1n) is 11.1. The molecule has 0 aliphatic heterocycles. The molecule has 0 saturated carbocycles. The van der Waals surface area contributed by atoms with Gasteiger partial charge in [0.15, 0.2) is 0 Å². The third kappa shape index (κ3) is 3.77. The zero-order chi connectivity index (χ0) is 22.7. The van der Waals surface area contributed by atoms with Gasteiger partial charge in [-0.25, -0.2) is 0 Å². The molecule has 164 valence electrons. The van der Waals surface area contributed by atoms with Gasteiger partial charge in [-0.1, -0.05) is 64.2 Å². The molecular weight excluding hydrogens is 433 g/mol. The summed E-state index contributed by atoms with van der Waals surface area (Å²) in [5.41, 5.74) is 6.22. The summed E-state index contributed by atoms with van der Waals surface area (Å²) in [5, 5.41) is 1.44. The molecule has 31 heavy (non-hydrogen) atoms. The second-order valence-electron chi connectivity index (χ2n) is 10.5. The summed E-state index contributed by atoms with van der Waals surface area (Å²) < 4.78 is 6.45. The first kappa shape index (κ1) is 22.6. The number of rotatable bonds is 5. The summed E-state index contributed by atoms with van der Waals surface area (Å²) in [7, 11) is -2.00. The summed E-state index contributed by atoms with van der Waals surface area (Å²) in [6, 6.07) is 9.63. The average Bonchev–Trinajstić information content (AvgIpc) is 3.28. The van der Waals surface area contributed by atoms with Crippen molar-refractivity contribution in [3.8, 4) is 15.5 Å². The van der Waals surface area contributed by atoms with Crippen molar-refractivity contribution in [2.75, 3.05) is 6.61 Å². The van der Waals surface area contributed by atoms with E-state index in [1.165, 1.54) is 35.8 Å². The number of thiophene rings is 2. The lowest BCUT2D eigenvalue weighted by Crippen LogP contribution is -2.49. The van der Waals surface area contributed by atoms with Gasteiger partial charge in [-0.2, -0.15) is 0 Å². The molecule has 2 heterocycles. The van der Waals surface area contributed by atoms with Crippen molar-refractivity contribution < 1.29 is 4.74 Å². The van der Waals surface area contributed by atoms with Crippen LogP contribution in [0.25, 0.3) is 9.75 Å². The highest BCUT2D eigenvalue weighted by Crippen LogP contribution is 2.55. The predicted molar refractivity (Wildman–Crippen MR) is 142 cm³/mol. The standard InChI is InChI=1S/C27H34OS2Si/c1-10-11-28-23-21(27(5,6)7)12-16(2)13-22(23)31(8,9)26-19-14-17(3)29-24(19)25-20(26)15-18(4)30-25/h10,12-15,26H,1,11H2,2-9H3. The highest BCUT2D eigenvalue weighted by Gasteiger charge is 2.46. The summed E-state index contributed by atoms with van der Waals surface area (Å²) in [6.45, 7) is 23.1. The van der Waals surface area contributed by atoms with Crippen LogP contribution in [-0.2, 0) is 5.41 Å². The van der Waals surface area contributed by atoms with E-state index in [1.807, 2.05) is 28.7 Å². The van der Waals surface area contributed by atoms with Crippen LogP contribution >= 0.6 is 22.7 Å². The minimum Gasteiger partial charge on any atom is -0.489 e. The van der Waals surface area contributed by atoms with Gasteiger partial charge in [-0.3, -0.25) is 0 Å². The van der Waals surface area contributed by atoms with Crippen molar-refractivity contribution in [3.05, 3.63) is 68.9 Å². The number of fused-ring (bicyclic) bond motifs is 3. The molecule has 1 aliphatic rings. The second kappa shape index (κ2) is 7.75. The van der Waals surface area contributed by atoms with Crippen molar-refractivity contribution in [1.29, 1.82) is 0 Å². The number of hydrogen-bond acceptors (Lipinski definition) is 3. The van der Waals surface area contributed by atoms with Crippen LogP contribution in [0.1, 0.15) is 58.3 Å². The zero-order valence-corrected chi connectivity index (χ0v) is 22.7. The zero-order valence-electron chi connectivity index (χ0n) is 20.1. The van der Waals surface area contributed by atoms with Gasteiger partial charge in [0.25, 0.3) is 0 Å². The molecule has 1 nitrogen and oxygen atoms in total. The van der Waals surface area contributed by atoms with Gasteiger partial charge < -0.3 is 4.74 Å². The minimum atomic E-state index is -2.00. The van der Waals surface area contributed by atoms with E-state index in [-0.39, 0.29) is 5.41 Å². The van der Waals surface area contributed by atoms with Gasteiger partial charge in [0, 0.05) is 25.0 Å². The number of ether oxygens (including phenoxy) is 1. The van der Waals surface area contributed by atoms with Gasteiger partial charge in [-0.15, -0.1) is 22.7 Å². The molecule has 3 aromatic rings. The molecule has 2 aromatic heterocycles. The molecule has 1 aromatic carbocycles. The SMILES string of the molecule is C=CCOc1c(C(C)(C)C)cc(C)cc1[Si](C)(C)C1c2cc(C)sc2-c2sc(C)cc21. The topological polar surface area (TPSA) is 9.23 Å². The van der Waals surface area contributed by atoms with Gasteiger partial charge in [0.05, 0.1) is 8.07 Å². The fraction of sp³-hybridized carbons (Fsp3) is 0.407. The van der Waals surface area contributed by atoms with E-state index in [0.717, 1.165) is 5.75 Å². The summed E-state index contributed by atoms with van der Waals surface area (Å²) in [6.07, 6.45) is 1.86. The van der Waals surface area contributed by atoms with Crippen LogP contribution in [0.5, 0.6) is 5.75 Å². The molecule has 4 heteroatoms. The lowest BCUT2D eigenvalue weighted by atomic mass is 9.85. The third-order valence-electron chi connectivity index (χ3n) is 6.40. The largest absolute Gasteiger partial charge is 0.489 e. The fourth-order valence-corrected chi connectivity index (χ4v) is 11.3. The van der Waals surface area contributed by atoms with Gasteiger partial charge in [0.1, 0.15) is 12.4 Å². The van der Waals surface area contributed by atoms with Gasteiger partial charge in [-0.05, 0) is 60.2 Å². The summed E-state index contributed by atoms with van der Waals surface area (Å²) >= 11 is 3.93. The van der Waals surface area contributed by atoms with Crippen LogP contribution in [0, 0.1) is 20.8 Å². The van der Waals surface area contributed by atoms with E-state index in [9.17, 15) is 0 Å². The molecule has 0 amide bonds. The highest BCUT2D eigenvalue weighted by molar-refractivity contribution is 7.23. The van der Waals surface area contributed by atoms with Crippen LogP contribution in [0.4, 0.5) is 0 Å². The summed E-state index contributed by atoms with van der Waals surface area (Å²) in [4.78, 5) is 5.85. The molecule has 4 rings (SSSR count). The van der Waals surface area contributed by atoms with E-state index < -0.39 is 8.07 Å². The van der Waals surface area contributed by atoms with E-state index >= 15 is 0 Å². The molecule has 0 saturated heterocycles. The van der Waals surface area contributed by atoms with Crippen molar-refractivity contribution in [1.82, 2.24) is 0 Å². The Labute approximate surface area is 196 Å². The minimum absolute atomic E-state index is 0.0195. The molecule has 0 spiro atoms. The molecule has 0 unspecified atom stereocenters. The summed E-state index contributed by atoms with van der Waals surface area (Å²) in [5.74, 6) is 1.10. The Morgan fingerprint density at radius 2 is 1.52 bits per heavy atom. The molecule has 0 radical (unpaired) electrons. The van der Waals surface area contributed by atoms with Crippen molar-refractivity contribution in [2.24, 2.45) is 0 Å². The normalized spacial score (nSPS) is 13.9. The Kier molecular flexibility index (Phi) is 5.64. The van der Waals surface area contributed by atoms with Crippen LogP contribution in [0.2, 0.25) is 13.1 Å². The van der Waals surface area contributed by atoms with Crippen molar-refractivity contribution in [3.63, 3.8) is 0 Å². The first-order valence-corrected chi connectivity index (χ1v) is 15.8. The Hall–Kier alpha value is -1.62.